The smallest absolute Gasteiger partial charge is 0.239 e. The van der Waals surface area contributed by atoms with E-state index in [0.717, 1.165) is 0 Å². The highest BCUT2D eigenvalue weighted by Crippen LogP contribution is 2.46. The Morgan fingerprint density at radius 2 is 2.28 bits per heavy atom. The molecular weight excluding hydrogens is 259 g/mol. The highest BCUT2D eigenvalue weighted by molar-refractivity contribution is 6.30. The van der Waals surface area contributed by atoms with Gasteiger partial charge < -0.3 is 16.2 Å². The molecule has 0 aromatic heterocycles. The van der Waals surface area contributed by atoms with Gasteiger partial charge >= 0.3 is 0 Å². The second-order valence-electron chi connectivity index (χ2n) is 4.48. The van der Waals surface area contributed by atoms with Crippen molar-refractivity contribution < 1.29 is 14.3 Å². The monoisotopic (exact) mass is 272 g/mol. The Hall–Kier alpha value is -1.17. The number of carbonyl (C=O) groups excluding carboxylic acids is 1. The first-order chi connectivity index (χ1) is 8.48. The highest BCUT2D eigenvalue weighted by Gasteiger charge is 2.47. The average Bonchev–Trinajstić information content (AvgIpc) is 3.08. The minimum absolute atomic E-state index is 0.311. The standard InChI is InChI=1S/C12H14ClFN2O2/c13-7-1-2-8(9(14)5-7)12(3-4-12)16-11(18)10(15)6-17/h1-2,5,10,17H,3-4,6,15H2,(H,16,18). The van der Waals surface area contributed by atoms with E-state index in [1.54, 1.807) is 12.1 Å². The molecule has 1 saturated carbocycles. The van der Waals surface area contributed by atoms with Gasteiger partial charge in [0.2, 0.25) is 5.91 Å². The van der Waals surface area contributed by atoms with Crippen molar-refractivity contribution in [3.05, 3.63) is 34.6 Å². The Morgan fingerprint density at radius 1 is 1.61 bits per heavy atom. The molecule has 1 atom stereocenters. The van der Waals surface area contributed by atoms with Gasteiger partial charge in [0.25, 0.3) is 0 Å². The first kappa shape index (κ1) is 13.3. The molecule has 0 radical (unpaired) electrons. The van der Waals surface area contributed by atoms with E-state index in [4.69, 9.17) is 22.4 Å². The molecule has 0 bridgehead atoms. The van der Waals surface area contributed by atoms with Crippen molar-refractivity contribution in [1.29, 1.82) is 0 Å². The molecule has 1 unspecified atom stereocenters. The molecule has 1 fully saturated rings. The molecule has 0 saturated heterocycles. The maximum absolute atomic E-state index is 13.8. The second kappa shape index (κ2) is 4.84. The van der Waals surface area contributed by atoms with E-state index >= 15 is 0 Å². The number of aliphatic hydroxyl groups excluding tert-OH is 1. The fourth-order valence-electron chi connectivity index (χ4n) is 1.88. The molecule has 4 nitrogen and oxygen atoms in total. The number of halogens is 2. The van der Waals surface area contributed by atoms with Crippen LogP contribution in [0.3, 0.4) is 0 Å². The Bertz CT molecular complexity index is 477. The molecular formula is C12H14ClFN2O2. The minimum atomic E-state index is -0.988. The number of hydrogen-bond acceptors (Lipinski definition) is 3. The molecule has 1 aromatic rings. The molecule has 6 heteroatoms. The molecule has 0 aliphatic heterocycles. The summed E-state index contributed by atoms with van der Waals surface area (Å²) in [7, 11) is 0. The summed E-state index contributed by atoms with van der Waals surface area (Å²) >= 11 is 5.69. The van der Waals surface area contributed by atoms with E-state index < -0.39 is 29.9 Å². The van der Waals surface area contributed by atoms with Crippen LogP contribution in [-0.2, 0) is 10.3 Å². The van der Waals surface area contributed by atoms with Crippen LogP contribution in [0, 0.1) is 5.82 Å². The number of nitrogens with one attached hydrogen (secondary N) is 1. The summed E-state index contributed by atoms with van der Waals surface area (Å²) in [5, 5.41) is 11.8. The zero-order chi connectivity index (χ0) is 13.3. The van der Waals surface area contributed by atoms with E-state index in [0.29, 0.717) is 23.4 Å². The largest absolute Gasteiger partial charge is 0.394 e. The van der Waals surface area contributed by atoms with Crippen LogP contribution in [0.25, 0.3) is 0 Å². The first-order valence-electron chi connectivity index (χ1n) is 5.62. The summed E-state index contributed by atoms with van der Waals surface area (Å²) < 4.78 is 13.8. The molecule has 1 aliphatic rings. The number of carbonyl (C=O) groups is 1. The molecule has 1 aliphatic carbocycles. The van der Waals surface area contributed by atoms with Crippen LogP contribution >= 0.6 is 11.6 Å². The van der Waals surface area contributed by atoms with Gasteiger partial charge in [0.1, 0.15) is 11.9 Å². The van der Waals surface area contributed by atoms with E-state index in [-0.39, 0.29) is 0 Å². The fraction of sp³-hybridized carbons (Fsp3) is 0.417. The number of benzene rings is 1. The lowest BCUT2D eigenvalue weighted by Crippen LogP contribution is -2.47. The maximum atomic E-state index is 13.8. The summed E-state index contributed by atoms with van der Waals surface area (Å²) in [5.74, 6) is -0.929. The van der Waals surface area contributed by atoms with Gasteiger partial charge in [-0.3, -0.25) is 4.79 Å². The molecule has 1 amide bonds. The lowest BCUT2D eigenvalue weighted by atomic mass is 10.0. The van der Waals surface area contributed by atoms with Gasteiger partial charge in [-0.25, -0.2) is 4.39 Å². The minimum Gasteiger partial charge on any atom is -0.394 e. The summed E-state index contributed by atoms with van der Waals surface area (Å²) in [6.45, 7) is -0.439. The number of aliphatic hydroxyl groups is 1. The highest BCUT2D eigenvalue weighted by atomic mass is 35.5. The number of rotatable bonds is 4. The van der Waals surface area contributed by atoms with Gasteiger partial charge in [-0.15, -0.1) is 0 Å². The van der Waals surface area contributed by atoms with Crippen molar-refractivity contribution in [3.63, 3.8) is 0 Å². The zero-order valence-electron chi connectivity index (χ0n) is 9.62. The quantitative estimate of drug-likeness (QED) is 0.762. The summed E-state index contributed by atoms with van der Waals surface area (Å²) in [5.41, 5.74) is 5.13. The number of nitrogens with two attached hydrogens (primary N) is 1. The predicted octanol–water partition coefficient (Wildman–Crippen LogP) is 0.904. The SMILES string of the molecule is NC(CO)C(=O)NC1(c2ccc(Cl)cc2F)CC1. The van der Waals surface area contributed by atoms with Crippen LogP contribution in [0.4, 0.5) is 4.39 Å². The molecule has 0 heterocycles. The topological polar surface area (TPSA) is 75.3 Å². The Morgan fingerprint density at radius 3 is 2.78 bits per heavy atom. The average molecular weight is 273 g/mol. The van der Waals surface area contributed by atoms with Gasteiger partial charge in [0.05, 0.1) is 12.1 Å². The summed E-state index contributed by atoms with van der Waals surface area (Å²) in [6, 6.07) is 3.38. The van der Waals surface area contributed by atoms with Crippen molar-refractivity contribution in [2.75, 3.05) is 6.61 Å². The van der Waals surface area contributed by atoms with Crippen LogP contribution in [-0.4, -0.2) is 23.7 Å². The fourth-order valence-corrected chi connectivity index (χ4v) is 2.03. The third-order valence-corrected chi connectivity index (χ3v) is 3.33. The van der Waals surface area contributed by atoms with Crippen molar-refractivity contribution in [1.82, 2.24) is 5.32 Å². The normalized spacial score (nSPS) is 18.2. The van der Waals surface area contributed by atoms with Crippen LogP contribution in [0.1, 0.15) is 18.4 Å². The van der Waals surface area contributed by atoms with Crippen LogP contribution in [0.15, 0.2) is 18.2 Å². The van der Waals surface area contributed by atoms with Gasteiger partial charge in [-0.05, 0) is 25.0 Å². The Balaban J connectivity index is 2.19. The van der Waals surface area contributed by atoms with Gasteiger partial charge in [-0.1, -0.05) is 17.7 Å². The lowest BCUT2D eigenvalue weighted by molar-refractivity contribution is -0.124. The van der Waals surface area contributed by atoms with Crippen molar-refractivity contribution in [2.24, 2.45) is 5.73 Å². The van der Waals surface area contributed by atoms with E-state index in [2.05, 4.69) is 5.32 Å². The van der Waals surface area contributed by atoms with Gasteiger partial charge in [-0.2, -0.15) is 0 Å². The molecule has 4 N–H and O–H groups in total. The Kier molecular flexibility index (Phi) is 3.56. The molecule has 18 heavy (non-hydrogen) atoms. The van der Waals surface area contributed by atoms with Gasteiger partial charge in [0.15, 0.2) is 0 Å². The van der Waals surface area contributed by atoms with Crippen molar-refractivity contribution in [2.45, 2.75) is 24.4 Å². The zero-order valence-corrected chi connectivity index (χ0v) is 10.4. The molecule has 98 valence electrons. The third kappa shape index (κ3) is 2.48. The van der Waals surface area contributed by atoms with Gasteiger partial charge in [0, 0.05) is 10.6 Å². The van der Waals surface area contributed by atoms with Crippen LogP contribution in [0.5, 0.6) is 0 Å². The van der Waals surface area contributed by atoms with Crippen molar-refractivity contribution >= 4 is 17.5 Å². The molecule has 1 aromatic carbocycles. The maximum Gasteiger partial charge on any atom is 0.239 e. The van der Waals surface area contributed by atoms with Crippen LogP contribution < -0.4 is 11.1 Å². The third-order valence-electron chi connectivity index (χ3n) is 3.09. The number of amides is 1. The van der Waals surface area contributed by atoms with E-state index in [9.17, 15) is 9.18 Å². The lowest BCUT2D eigenvalue weighted by Gasteiger charge is -2.20. The summed E-state index contributed by atoms with van der Waals surface area (Å²) in [6.07, 6.45) is 1.30. The van der Waals surface area contributed by atoms with E-state index in [1.807, 2.05) is 0 Å². The van der Waals surface area contributed by atoms with E-state index in [1.165, 1.54) is 6.07 Å². The van der Waals surface area contributed by atoms with Crippen LogP contribution in [0.2, 0.25) is 5.02 Å². The van der Waals surface area contributed by atoms with Crippen molar-refractivity contribution in [3.8, 4) is 0 Å². The first-order valence-corrected chi connectivity index (χ1v) is 6.00. The molecule has 0 spiro atoms. The second-order valence-corrected chi connectivity index (χ2v) is 4.92. The molecule has 2 rings (SSSR count). The predicted molar refractivity (Wildman–Crippen MR) is 65.5 cm³/mol. The Labute approximate surface area is 109 Å². The summed E-state index contributed by atoms with van der Waals surface area (Å²) in [4.78, 5) is 11.6. The number of hydrogen-bond donors (Lipinski definition) is 3.